The second-order valence-corrected chi connectivity index (χ2v) is 6.07. The third-order valence-corrected chi connectivity index (χ3v) is 4.51. The van der Waals surface area contributed by atoms with Crippen LogP contribution in [-0.4, -0.2) is 26.5 Å². The molecular formula is C19H18O6. The van der Waals surface area contributed by atoms with Gasteiger partial charge in [-0.2, -0.15) is 0 Å². The number of hydrogen-bond donors (Lipinski definition) is 0. The molecule has 0 saturated carbocycles. The predicted molar refractivity (Wildman–Crippen MR) is 88.2 cm³/mol. The number of methoxy groups -OCH3 is 2. The Hall–Kier alpha value is -2.89. The van der Waals surface area contributed by atoms with Crippen LogP contribution in [0.4, 0.5) is 4.79 Å². The average molecular weight is 342 g/mol. The minimum Gasteiger partial charge on any atom is -0.493 e. The Morgan fingerprint density at radius 2 is 1.68 bits per heavy atom. The quantitative estimate of drug-likeness (QED) is 0.792. The minimum absolute atomic E-state index is 0.491. The molecule has 0 amide bonds. The van der Waals surface area contributed by atoms with E-state index in [1.54, 1.807) is 20.3 Å². The van der Waals surface area contributed by atoms with Crippen molar-refractivity contribution in [1.29, 1.82) is 0 Å². The molecule has 3 atom stereocenters. The van der Waals surface area contributed by atoms with Gasteiger partial charge in [-0.1, -0.05) is 17.7 Å². The van der Waals surface area contributed by atoms with Crippen LogP contribution in [0.3, 0.4) is 0 Å². The van der Waals surface area contributed by atoms with E-state index < -0.39 is 24.5 Å². The normalized spacial score (nSPS) is 23.6. The highest BCUT2D eigenvalue weighted by Crippen LogP contribution is 2.48. The van der Waals surface area contributed by atoms with Crippen molar-refractivity contribution in [3.63, 3.8) is 0 Å². The van der Waals surface area contributed by atoms with E-state index in [1.807, 2.05) is 37.3 Å². The molecule has 1 fully saturated rings. The number of carbonyl (C=O) groups excluding carboxylic acids is 1. The summed E-state index contributed by atoms with van der Waals surface area (Å²) in [7, 11) is 3.15. The van der Waals surface area contributed by atoms with Gasteiger partial charge in [-0.3, -0.25) is 0 Å². The molecule has 0 aliphatic carbocycles. The zero-order valence-electron chi connectivity index (χ0n) is 14.1. The molecule has 2 aliphatic heterocycles. The van der Waals surface area contributed by atoms with Crippen molar-refractivity contribution in [2.75, 3.05) is 14.2 Å². The van der Waals surface area contributed by atoms with Gasteiger partial charge in [-0.25, -0.2) is 4.79 Å². The Labute approximate surface area is 145 Å². The smallest absolute Gasteiger partial charge is 0.493 e. The molecule has 2 aliphatic rings. The summed E-state index contributed by atoms with van der Waals surface area (Å²) in [6.07, 6.45) is -2.22. The summed E-state index contributed by atoms with van der Waals surface area (Å²) >= 11 is 0. The molecule has 4 rings (SSSR count). The van der Waals surface area contributed by atoms with Gasteiger partial charge in [0.2, 0.25) is 0 Å². The van der Waals surface area contributed by atoms with E-state index in [0.717, 1.165) is 16.7 Å². The molecule has 2 heterocycles. The number of carbonyl (C=O) groups is 1. The SMILES string of the molecule is COc1ccc([C@@H]2Oc3ccc(C)cc3[C@H]3OC(=O)O[C@@H]32)cc1OC. The molecule has 0 aromatic heterocycles. The maximum absolute atomic E-state index is 11.8. The van der Waals surface area contributed by atoms with Crippen molar-refractivity contribution in [2.24, 2.45) is 0 Å². The topological polar surface area (TPSA) is 63.2 Å². The molecule has 0 unspecified atom stereocenters. The summed E-state index contributed by atoms with van der Waals surface area (Å²) < 4.78 is 27.6. The van der Waals surface area contributed by atoms with Gasteiger partial charge in [0.05, 0.1) is 14.2 Å². The first-order valence-corrected chi connectivity index (χ1v) is 7.97. The van der Waals surface area contributed by atoms with Gasteiger partial charge < -0.3 is 23.7 Å². The van der Waals surface area contributed by atoms with Crippen LogP contribution in [0.5, 0.6) is 17.2 Å². The lowest BCUT2D eigenvalue weighted by molar-refractivity contribution is 0.00773. The van der Waals surface area contributed by atoms with Gasteiger partial charge in [-0.15, -0.1) is 0 Å². The molecule has 6 nitrogen and oxygen atoms in total. The lowest BCUT2D eigenvalue weighted by atomic mass is 9.91. The van der Waals surface area contributed by atoms with Gasteiger partial charge >= 0.3 is 6.16 Å². The summed E-state index contributed by atoms with van der Waals surface area (Å²) in [4.78, 5) is 11.8. The molecule has 130 valence electrons. The third-order valence-electron chi connectivity index (χ3n) is 4.51. The highest BCUT2D eigenvalue weighted by atomic mass is 16.8. The van der Waals surface area contributed by atoms with Crippen molar-refractivity contribution >= 4 is 6.16 Å². The van der Waals surface area contributed by atoms with Gasteiger partial charge in [0.1, 0.15) is 5.75 Å². The predicted octanol–water partition coefficient (Wildman–Crippen LogP) is 3.72. The number of hydrogen-bond acceptors (Lipinski definition) is 6. The first kappa shape index (κ1) is 15.6. The van der Waals surface area contributed by atoms with Crippen molar-refractivity contribution in [3.05, 3.63) is 53.1 Å². The number of fused-ring (bicyclic) bond motifs is 3. The Morgan fingerprint density at radius 1 is 0.880 bits per heavy atom. The van der Waals surface area contributed by atoms with Crippen LogP contribution >= 0.6 is 0 Å². The van der Waals surface area contributed by atoms with Crippen molar-refractivity contribution in [2.45, 2.75) is 25.2 Å². The zero-order valence-corrected chi connectivity index (χ0v) is 14.1. The van der Waals surface area contributed by atoms with E-state index in [2.05, 4.69) is 0 Å². The molecule has 25 heavy (non-hydrogen) atoms. The Balaban J connectivity index is 1.78. The monoisotopic (exact) mass is 342 g/mol. The van der Waals surface area contributed by atoms with Gasteiger partial charge in [-0.05, 0) is 31.2 Å². The number of aryl methyl sites for hydroxylation is 1. The summed E-state index contributed by atoms with van der Waals surface area (Å²) in [6, 6.07) is 11.3. The van der Waals surface area contributed by atoms with Crippen LogP contribution in [0.2, 0.25) is 0 Å². The molecule has 1 saturated heterocycles. The lowest BCUT2D eigenvalue weighted by Crippen LogP contribution is -2.32. The molecule has 6 heteroatoms. The fraction of sp³-hybridized carbons (Fsp3) is 0.316. The number of ether oxygens (including phenoxy) is 5. The molecule has 2 aromatic carbocycles. The number of benzene rings is 2. The number of rotatable bonds is 3. The van der Waals surface area contributed by atoms with Crippen LogP contribution < -0.4 is 14.2 Å². The second kappa shape index (κ2) is 5.88. The first-order valence-electron chi connectivity index (χ1n) is 7.97. The Bertz CT molecular complexity index is 831. The van der Waals surface area contributed by atoms with Crippen molar-refractivity contribution < 1.29 is 28.5 Å². The van der Waals surface area contributed by atoms with E-state index in [4.69, 9.17) is 23.7 Å². The average Bonchev–Trinajstić information content (AvgIpc) is 3.02. The molecule has 0 radical (unpaired) electrons. The van der Waals surface area contributed by atoms with Crippen LogP contribution in [0.25, 0.3) is 0 Å². The fourth-order valence-corrected chi connectivity index (χ4v) is 3.32. The Morgan fingerprint density at radius 3 is 2.44 bits per heavy atom. The molecule has 2 aromatic rings. The van der Waals surface area contributed by atoms with Gasteiger partial charge in [0.15, 0.2) is 29.8 Å². The summed E-state index contributed by atoms with van der Waals surface area (Å²) in [5.41, 5.74) is 2.71. The van der Waals surface area contributed by atoms with Gasteiger partial charge in [0, 0.05) is 11.1 Å². The van der Waals surface area contributed by atoms with Crippen LogP contribution in [0.15, 0.2) is 36.4 Å². The third kappa shape index (κ3) is 2.54. The van der Waals surface area contributed by atoms with Crippen LogP contribution in [-0.2, 0) is 9.47 Å². The second-order valence-electron chi connectivity index (χ2n) is 6.07. The van der Waals surface area contributed by atoms with E-state index in [0.29, 0.717) is 17.2 Å². The summed E-state index contributed by atoms with van der Waals surface area (Å²) in [6.45, 7) is 1.98. The maximum Gasteiger partial charge on any atom is 0.509 e. The van der Waals surface area contributed by atoms with E-state index in [1.165, 1.54) is 0 Å². The van der Waals surface area contributed by atoms with E-state index in [-0.39, 0.29) is 0 Å². The maximum atomic E-state index is 11.8. The molecule has 0 N–H and O–H groups in total. The van der Waals surface area contributed by atoms with E-state index in [9.17, 15) is 4.79 Å². The standard InChI is InChI=1S/C19H18O6/c1-10-4-6-13-12(8-10)17-18(25-19(20)24-17)16(23-13)11-5-7-14(21-2)15(9-11)22-3/h4-9,16-18H,1-3H3/t16-,17+,18+/m0/s1. The van der Waals surface area contributed by atoms with E-state index >= 15 is 0 Å². The van der Waals surface area contributed by atoms with Crippen LogP contribution in [0.1, 0.15) is 28.9 Å². The lowest BCUT2D eigenvalue weighted by Gasteiger charge is -2.33. The first-order chi connectivity index (χ1) is 12.1. The molecular weight excluding hydrogens is 324 g/mol. The van der Waals surface area contributed by atoms with Crippen molar-refractivity contribution in [1.82, 2.24) is 0 Å². The highest BCUT2D eigenvalue weighted by Gasteiger charge is 2.49. The van der Waals surface area contributed by atoms with Crippen LogP contribution in [0, 0.1) is 6.92 Å². The minimum atomic E-state index is -0.682. The highest BCUT2D eigenvalue weighted by molar-refractivity contribution is 5.64. The fourth-order valence-electron chi connectivity index (χ4n) is 3.32. The summed E-state index contributed by atoms with van der Waals surface area (Å²) in [5, 5.41) is 0. The largest absolute Gasteiger partial charge is 0.509 e. The van der Waals surface area contributed by atoms with Crippen molar-refractivity contribution in [3.8, 4) is 17.2 Å². The Kier molecular flexibility index (Phi) is 3.67. The molecule has 0 bridgehead atoms. The summed E-state index contributed by atoms with van der Waals surface area (Å²) in [5.74, 6) is 1.89. The molecule has 0 spiro atoms. The zero-order chi connectivity index (χ0) is 17.6. The van der Waals surface area contributed by atoms with Gasteiger partial charge in [0.25, 0.3) is 0 Å².